The van der Waals surface area contributed by atoms with E-state index in [1.54, 1.807) is 13.0 Å². The smallest absolute Gasteiger partial charge is 0.335 e. The second-order valence-corrected chi connectivity index (χ2v) is 10.7. The van der Waals surface area contributed by atoms with Gasteiger partial charge in [-0.3, -0.25) is 24.1 Å². The lowest BCUT2D eigenvalue weighted by molar-refractivity contribution is -0.123. The number of carboxylic acid groups (broad SMARTS) is 1. The number of hydrogen-bond donors (Lipinski definition) is 2. The molecular formula is C30H22ClNO7. The third-order valence-electron chi connectivity index (χ3n) is 8.22. The van der Waals surface area contributed by atoms with Crippen molar-refractivity contribution >= 4 is 46.6 Å². The van der Waals surface area contributed by atoms with Gasteiger partial charge in [-0.15, -0.1) is 0 Å². The fourth-order valence-electron chi connectivity index (χ4n) is 6.51. The fourth-order valence-corrected chi connectivity index (χ4v) is 6.69. The molecule has 4 unspecified atom stereocenters. The van der Waals surface area contributed by atoms with Crippen LogP contribution in [0.1, 0.15) is 41.6 Å². The highest BCUT2D eigenvalue weighted by Crippen LogP contribution is 2.56. The molecule has 8 nitrogen and oxygen atoms in total. The summed E-state index contributed by atoms with van der Waals surface area (Å²) in [6.45, 7) is 1.57. The maximum Gasteiger partial charge on any atom is 0.335 e. The number of phenolic OH excluding ortho intramolecular Hbond substituents is 1. The van der Waals surface area contributed by atoms with Gasteiger partial charge in [-0.05, 0) is 68.2 Å². The number of ketones is 2. The van der Waals surface area contributed by atoms with Crippen LogP contribution >= 0.6 is 11.6 Å². The van der Waals surface area contributed by atoms with Gasteiger partial charge in [0.1, 0.15) is 5.75 Å². The van der Waals surface area contributed by atoms with Crippen molar-refractivity contribution in [3.63, 3.8) is 0 Å². The Morgan fingerprint density at radius 3 is 2.54 bits per heavy atom. The molecule has 1 fully saturated rings. The molecule has 0 aromatic heterocycles. The third-order valence-corrected chi connectivity index (χ3v) is 8.45. The van der Waals surface area contributed by atoms with Crippen LogP contribution in [-0.2, 0) is 19.2 Å². The Labute approximate surface area is 227 Å². The fraction of sp³-hybridized carbons (Fsp3) is 0.233. The first kappa shape index (κ1) is 25.0. The number of aromatic carboxylic acids is 1. The second kappa shape index (κ2) is 8.88. The highest BCUT2D eigenvalue weighted by molar-refractivity contribution is 6.30. The minimum Gasteiger partial charge on any atom is -0.508 e. The molecule has 3 aliphatic carbocycles. The molecule has 4 atom stereocenters. The Balaban J connectivity index is 1.49. The number of rotatable bonds is 3. The average Bonchev–Trinajstić information content (AvgIpc) is 3.17. The molecule has 2 amide bonds. The maximum atomic E-state index is 13.9. The highest BCUT2D eigenvalue weighted by atomic mass is 35.5. The highest BCUT2D eigenvalue weighted by Gasteiger charge is 2.56. The van der Waals surface area contributed by atoms with E-state index in [0.717, 1.165) is 4.90 Å². The van der Waals surface area contributed by atoms with Gasteiger partial charge in [0.15, 0.2) is 11.6 Å². The summed E-state index contributed by atoms with van der Waals surface area (Å²) in [5, 5.41) is 20.6. The molecule has 4 aliphatic rings. The zero-order chi connectivity index (χ0) is 27.7. The normalized spacial score (nSPS) is 26.2. The first-order valence-corrected chi connectivity index (χ1v) is 12.9. The van der Waals surface area contributed by atoms with Gasteiger partial charge >= 0.3 is 5.97 Å². The van der Waals surface area contributed by atoms with E-state index >= 15 is 0 Å². The minimum absolute atomic E-state index is 0.0563. The number of nitrogens with zero attached hydrogens (tertiary/aromatic N) is 1. The topological polar surface area (TPSA) is 129 Å². The van der Waals surface area contributed by atoms with Crippen LogP contribution in [0.4, 0.5) is 5.69 Å². The van der Waals surface area contributed by atoms with Gasteiger partial charge in [0, 0.05) is 33.2 Å². The number of anilines is 1. The second-order valence-electron chi connectivity index (χ2n) is 10.3. The number of carbonyl (C=O) groups is 5. The van der Waals surface area contributed by atoms with Crippen LogP contribution in [0.3, 0.4) is 0 Å². The largest absolute Gasteiger partial charge is 0.508 e. The molecule has 0 spiro atoms. The Bertz CT molecular complexity index is 1630. The Hall–Kier alpha value is -4.30. The summed E-state index contributed by atoms with van der Waals surface area (Å²) in [5.74, 6) is -5.78. The summed E-state index contributed by atoms with van der Waals surface area (Å²) in [4.78, 5) is 66.6. The molecule has 9 heteroatoms. The Morgan fingerprint density at radius 1 is 1.03 bits per heavy atom. The van der Waals surface area contributed by atoms with Gasteiger partial charge in [-0.1, -0.05) is 29.3 Å². The molecule has 0 saturated carbocycles. The Morgan fingerprint density at radius 2 is 1.79 bits per heavy atom. The van der Waals surface area contributed by atoms with E-state index in [9.17, 15) is 34.2 Å². The summed E-state index contributed by atoms with van der Waals surface area (Å²) >= 11 is 6.28. The van der Waals surface area contributed by atoms with Crippen molar-refractivity contribution in [3.8, 4) is 5.75 Å². The molecule has 1 heterocycles. The average molecular weight is 544 g/mol. The van der Waals surface area contributed by atoms with E-state index in [1.807, 2.05) is 6.08 Å². The molecule has 1 saturated heterocycles. The summed E-state index contributed by atoms with van der Waals surface area (Å²) < 4.78 is 0. The van der Waals surface area contributed by atoms with Crippen molar-refractivity contribution < 1.29 is 34.2 Å². The van der Waals surface area contributed by atoms with Crippen molar-refractivity contribution in [3.05, 3.63) is 93.1 Å². The van der Waals surface area contributed by atoms with Crippen LogP contribution in [0.25, 0.3) is 0 Å². The predicted molar refractivity (Wildman–Crippen MR) is 140 cm³/mol. The molecule has 0 bridgehead atoms. The number of aromatic hydroxyl groups is 1. The number of carboxylic acids is 1. The van der Waals surface area contributed by atoms with Gasteiger partial charge in [0.25, 0.3) is 0 Å². The van der Waals surface area contributed by atoms with Crippen molar-refractivity contribution in [2.75, 3.05) is 4.90 Å². The number of carbonyl (C=O) groups excluding carboxylic acids is 4. The van der Waals surface area contributed by atoms with E-state index in [-0.39, 0.29) is 58.1 Å². The van der Waals surface area contributed by atoms with E-state index in [2.05, 4.69) is 0 Å². The minimum atomic E-state index is -1.18. The number of imide groups is 1. The predicted octanol–water partition coefficient (Wildman–Crippen LogP) is 4.38. The monoisotopic (exact) mass is 543 g/mol. The summed E-state index contributed by atoms with van der Waals surface area (Å²) in [6.07, 6.45) is 3.44. The maximum absolute atomic E-state index is 13.9. The third kappa shape index (κ3) is 3.70. The number of benzene rings is 2. The zero-order valence-electron chi connectivity index (χ0n) is 20.7. The number of phenols is 1. The lowest BCUT2D eigenvalue weighted by Crippen LogP contribution is -2.39. The van der Waals surface area contributed by atoms with Gasteiger partial charge in [-0.2, -0.15) is 0 Å². The molecule has 196 valence electrons. The summed E-state index contributed by atoms with van der Waals surface area (Å²) in [6, 6.07) is 10.1. The number of fused-ring (bicyclic) bond motifs is 3. The summed E-state index contributed by atoms with van der Waals surface area (Å²) in [7, 11) is 0. The quantitative estimate of drug-likeness (QED) is 0.334. The Kier molecular flexibility index (Phi) is 5.69. The standard InChI is InChI=1S/C30H22ClNO7/c1-13-9-23(34)21-12-19-17(24(26(21)27(13)35)20-11-15(31)5-8-22(20)33)6-7-18-25(19)29(37)32(28(18)36)16-4-2-3-14(10-16)30(38)39/h2-6,8-11,18-19,24-25,33H,7,12H2,1H3,(H,38,39). The molecule has 2 aromatic rings. The first-order chi connectivity index (χ1) is 18.6. The van der Waals surface area contributed by atoms with Crippen LogP contribution in [-0.4, -0.2) is 39.6 Å². The number of halogens is 1. The van der Waals surface area contributed by atoms with Crippen LogP contribution in [0, 0.1) is 17.8 Å². The molecule has 2 N–H and O–H groups in total. The molecule has 1 aliphatic heterocycles. The van der Waals surface area contributed by atoms with E-state index in [0.29, 0.717) is 16.2 Å². The van der Waals surface area contributed by atoms with Crippen molar-refractivity contribution in [1.29, 1.82) is 0 Å². The van der Waals surface area contributed by atoms with E-state index < -0.39 is 41.5 Å². The van der Waals surface area contributed by atoms with Gasteiger partial charge in [-0.25, -0.2) is 4.79 Å². The van der Waals surface area contributed by atoms with Gasteiger partial charge in [0.2, 0.25) is 11.8 Å². The van der Waals surface area contributed by atoms with Gasteiger partial charge in [0.05, 0.1) is 23.1 Å². The zero-order valence-corrected chi connectivity index (χ0v) is 21.4. The van der Waals surface area contributed by atoms with Crippen LogP contribution < -0.4 is 4.90 Å². The number of Topliss-reactive ketones (excluding diaryl/α,β-unsaturated/α-hetero) is 1. The van der Waals surface area contributed by atoms with Crippen LogP contribution in [0.5, 0.6) is 5.75 Å². The van der Waals surface area contributed by atoms with Crippen LogP contribution in [0.15, 0.2) is 76.9 Å². The number of allylic oxidation sites excluding steroid dienone is 6. The summed E-state index contributed by atoms with van der Waals surface area (Å²) in [5.41, 5.74) is 1.97. The van der Waals surface area contributed by atoms with Crippen LogP contribution in [0.2, 0.25) is 5.02 Å². The SMILES string of the molecule is CC1=CC(=O)C2=C(C1=O)C(c1cc(Cl)ccc1O)C1=CCC3C(=O)N(c4cccc(C(=O)O)c4)C(=O)C3C1C2. The molecule has 2 aromatic carbocycles. The lowest BCUT2D eigenvalue weighted by atomic mass is 9.59. The first-order valence-electron chi connectivity index (χ1n) is 12.5. The number of hydrogen-bond acceptors (Lipinski definition) is 6. The van der Waals surface area contributed by atoms with E-state index in [1.165, 1.54) is 42.5 Å². The number of amides is 2. The molecule has 39 heavy (non-hydrogen) atoms. The van der Waals surface area contributed by atoms with E-state index in [4.69, 9.17) is 11.6 Å². The van der Waals surface area contributed by atoms with Crippen molar-refractivity contribution in [2.45, 2.75) is 25.7 Å². The molecule has 6 rings (SSSR count). The van der Waals surface area contributed by atoms with Crippen molar-refractivity contribution in [2.24, 2.45) is 17.8 Å². The lowest BCUT2D eigenvalue weighted by Gasteiger charge is -2.42. The van der Waals surface area contributed by atoms with Gasteiger partial charge < -0.3 is 10.2 Å². The molecule has 0 radical (unpaired) electrons. The van der Waals surface area contributed by atoms with Crippen molar-refractivity contribution in [1.82, 2.24) is 0 Å². The molecular weight excluding hydrogens is 522 g/mol.